The maximum absolute atomic E-state index is 12.5. The molecule has 1 heterocycles. The number of nitrogens with zero attached hydrogens (tertiary/aromatic N) is 2. The minimum absolute atomic E-state index is 0.0991. The third kappa shape index (κ3) is 4.41. The summed E-state index contributed by atoms with van der Waals surface area (Å²) in [6.45, 7) is 2.25. The number of ether oxygens (including phenoxy) is 1. The molecule has 5 heteroatoms. The van der Waals surface area contributed by atoms with Crippen molar-refractivity contribution < 1.29 is 14.3 Å². The molecule has 2 rings (SSSR count). The van der Waals surface area contributed by atoms with Crippen molar-refractivity contribution in [2.24, 2.45) is 0 Å². The van der Waals surface area contributed by atoms with Gasteiger partial charge in [0.05, 0.1) is 6.61 Å². The molecule has 0 aliphatic heterocycles. The Morgan fingerprint density at radius 3 is 2.45 bits per heavy atom. The molecule has 0 saturated heterocycles. The second-order valence-electron chi connectivity index (χ2n) is 4.67. The van der Waals surface area contributed by atoms with Crippen molar-refractivity contribution in [1.82, 2.24) is 9.88 Å². The minimum Gasteiger partial charge on any atom is -0.465 e. The maximum Gasteiger partial charge on any atom is 0.325 e. The summed E-state index contributed by atoms with van der Waals surface area (Å²) < 4.78 is 4.94. The average molecular weight is 298 g/mol. The molecule has 114 valence electrons. The van der Waals surface area contributed by atoms with Crippen LogP contribution in [0.5, 0.6) is 0 Å². The van der Waals surface area contributed by atoms with Crippen molar-refractivity contribution in [3.05, 3.63) is 66.0 Å². The van der Waals surface area contributed by atoms with Crippen LogP contribution in [0.3, 0.4) is 0 Å². The van der Waals surface area contributed by atoms with Crippen molar-refractivity contribution in [3.8, 4) is 0 Å². The quantitative estimate of drug-likeness (QED) is 0.768. The number of aromatic nitrogens is 1. The highest BCUT2D eigenvalue weighted by atomic mass is 16.5. The van der Waals surface area contributed by atoms with E-state index < -0.39 is 5.97 Å². The van der Waals surface area contributed by atoms with Crippen molar-refractivity contribution in [3.63, 3.8) is 0 Å². The van der Waals surface area contributed by atoms with Gasteiger partial charge in [0.1, 0.15) is 12.2 Å². The van der Waals surface area contributed by atoms with Crippen molar-refractivity contribution in [2.75, 3.05) is 13.2 Å². The molecule has 0 spiro atoms. The SMILES string of the molecule is CCOC(=O)CN(Cc1ccccc1)C(=O)c1ccccn1. The third-order valence-corrected chi connectivity index (χ3v) is 3.01. The highest BCUT2D eigenvalue weighted by Gasteiger charge is 2.20. The first-order valence-corrected chi connectivity index (χ1v) is 7.10. The van der Waals surface area contributed by atoms with E-state index in [0.717, 1.165) is 5.56 Å². The van der Waals surface area contributed by atoms with Gasteiger partial charge >= 0.3 is 5.97 Å². The molecule has 0 radical (unpaired) electrons. The molecule has 0 aliphatic rings. The molecule has 2 aromatic rings. The molecule has 0 bridgehead atoms. The van der Waals surface area contributed by atoms with Gasteiger partial charge in [0.15, 0.2) is 0 Å². The molecular formula is C17H18N2O3. The van der Waals surface area contributed by atoms with Crippen molar-refractivity contribution >= 4 is 11.9 Å². The number of hydrogen-bond acceptors (Lipinski definition) is 4. The van der Waals surface area contributed by atoms with Gasteiger partial charge in [-0.3, -0.25) is 14.6 Å². The molecule has 1 aromatic carbocycles. The maximum atomic E-state index is 12.5. The summed E-state index contributed by atoms with van der Waals surface area (Å²) in [5.41, 5.74) is 1.25. The van der Waals surface area contributed by atoms with E-state index >= 15 is 0 Å². The first kappa shape index (κ1) is 15.7. The molecule has 1 aromatic heterocycles. The first-order chi connectivity index (χ1) is 10.7. The lowest BCUT2D eigenvalue weighted by Gasteiger charge is -2.21. The molecule has 0 fully saturated rings. The molecular weight excluding hydrogens is 280 g/mol. The van der Waals surface area contributed by atoms with Crippen molar-refractivity contribution in [1.29, 1.82) is 0 Å². The first-order valence-electron chi connectivity index (χ1n) is 7.10. The summed E-state index contributed by atoms with van der Waals surface area (Å²) in [5.74, 6) is -0.722. The van der Waals surface area contributed by atoms with Crippen LogP contribution in [0.4, 0.5) is 0 Å². The predicted molar refractivity (Wildman–Crippen MR) is 82.1 cm³/mol. The van der Waals surface area contributed by atoms with E-state index in [0.29, 0.717) is 12.2 Å². The van der Waals surface area contributed by atoms with Gasteiger partial charge in [0.25, 0.3) is 5.91 Å². The van der Waals surface area contributed by atoms with E-state index in [2.05, 4.69) is 4.98 Å². The normalized spacial score (nSPS) is 10.0. The summed E-state index contributed by atoms with van der Waals surface area (Å²) in [7, 11) is 0. The van der Waals surface area contributed by atoms with Crippen molar-refractivity contribution in [2.45, 2.75) is 13.5 Å². The lowest BCUT2D eigenvalue weighted by Crippen LogP contribution is -2.36. The molecule has 0 aliphatic carbocycles. The Morgan fingerprint density at radius 1 is 1.09 bits per heavy atom. The van der Waals surface area contributed by atoms with E-state index in [9.17, 15) is 9.59 Å². The number of benzene rings is 1. The number of esters is 1. The highest BCUT2D eigenvalue weighted by Crippen LogP contribution is 2.09. The Morgan fingerprint density at radius 2 is 1.82 bits per heavy atom. The number of pyridine rings is 1. The van der Waals surface area contributed by atoms with E-state index in [-0.39, 0.29) is 19.1 Å². The molecule has 0 N–H and O–H groups in total. The summed E-state index contributed by atoms with van der Waals surface area (Å²) in [6.07, 6.45) is 1.55. The van der Waals surface area contributed by atoms with Gasteiger partial charge < -0.3 is 9.64 Å². The summed E-state index contributed by atoms with van der Waals surface area (Å²) in [6, 6.07) is 14.6. The molecule has 0 unspecified atom stereocenters. The number of carbonyl (C=O) groups is 2. The largest absolute Gasteiger partial charge is 0.465 e. The average Bonchev–Trinajstić information content (AvgIpc) is 2.55. The molecule has 1 amide bonds. The minimum atomic E-state index is -0.428. The number of amides is 1. The van der Waals surface area contributed by atoms with Gasteiger partial charge in [0, 0.05) is 12.7 Å². The molecule has 0 saturated carbocycles. The number of hydrogen-bond donors (Lipinski definition) is 0. The standard InChI is InChI=1S/C17H18N2O3/c1-2-22-16(20)13-19(12-14-8-4-3-5-9-14)17(21)15-10-6-7-11-18-15/h3-11H,2,12-13H2,1H3. The van der Waals surface area contributed by atoms with Gasteiger partial charge in [-0.1, -0.05) is 36.4 Å². The van der Waals surface area contributed by atoms with Gasteiger partial charge in [-0.2, -0.15) is 0 Å². The topological polar surface area (TPSA) is 59.5 Å². The van der Waals surface area contributed by atoms with Crippen LogP contribution >= 0.6 is 0 Å². The fraction of sp³-hybridized carbons (Fsp3) is 0.235. The summed E-state index contributed by atoms with van der Waals surface area (Å²) in [4.78, 5) is 29.8. The Labute approximate surface area is 129 Å². The number of carbonyl (C=O) groups excluding carboxylic acids is 2. The van der Waals surface area contributed by atoms with Crippen LogP contribution in [0.1, 0.15) is 23.0 Å². The zero-order chi connectivity index (χ0) is 15.8. The van der Waals surface area contributed by atoms with Crippen LogP contribution in [0, 0.1) is 0 Å². The van der Waals surface area contributed by atoms with E-state index in [1.54, 1.807) is 31.3 Å². The zero-order valence-corrected chi connectivity index (χ0v) is 12.4. The third-order valence-electron chi connectivity index (χ3n) is 3.01. The smallest absolute Gasteiger partial charge is 0.325 e. The van der Waals surface area contributed by atoms with Gasteiger partial charge in [-0.25, -0.2) is 0 Å². The molecule has 5 nitrogen and oxygen atoms in total. The van der Waals surface area contributed by atoms with Crippen LogP contribution < -0.4 is 0 Å². The number of rotatable bonds is 6. The van der Waals surface area contributed by atoms with Crippen LogP contribution in [0.25, 0.3) is 0 Å². The molecule has 22 heavy (non-hydrogen) atoms. The lowest BCUT2D eigenvalue weighted by molar-refractivity contribution is -0.143. The second-order valence-corrected chi connectivity index (χ2v) is 4.67. The Kier molecular flexibility index (Phi) is 5.65. The predicted octanol–water partition coefficient (Wildman–Crippen LogP) is 2.29. The van der Waals surface area contributed by atoms with Gasteiger partial charge in [0.2, 0.25) is 0 Å². The Hall–Kier alpha value is -2.69. The fourth-order valence-electron chi connectivity index (χ4n) is 2.02. The van der Waals surface area contributed by atoms with Crippen LogP contribution in [0.15, 0.2) is 54.7 Å². The van der Waals surface area contributed by atoms with E-state index in [4.69, 9.17) is 4.74 Å². The van der Waals surface area contributed by atoms with Crippen LogP contribution in [0.2, 0.25) is 0 Å². The highest BCUT2D eigenvalue weighted by molar-refractivity contribution is 5.94. The lowest BCUT2D eigenvalue weighted by atomic mass is 10.2. The van der Waals surface area contributed by atoms with E-state index in [1.807, 2.05) is 30.3 Å². The zero-order valence-electron chi connectivity index (χ0n) is 12.4. The van der Waals surface area contributed by atoms with Crippen LogP contribution in [-0.2, 0) is 16.1 Å². The van der Waals surface area contributed by atoms with Gasteiger partial charge in [-0.15, -0.1) is 0 Å². The van der Waals surface area contributed by atoms with Crippen LogP contribution in [-0.4, -0.2) is 34.9 Å². The van der Waals surface area contributed by atoms with Gasteiger partial charge in [-0.05, 0) is 24.6 Å². The summed E-state index contributed by atoms with van der Waals surface area (Å²) >= 11 is 0. The fourth-order valence-corrected chi connectivity index (χ4v) is 2.02. The Balaban J connectivity index is 2.17. The van der Waals surface area contributed by atoms with E-state index in [1.165, 1.54) is 4.90 Å². The Bertz CT molecular complexity index is 614. The molecule has 0 atom stereocenters. The monoisotopic (exact) mass is 298 g/mol. The second kappa shape index (κ2) is 7.93. The summed E-state index contributed by atoms with van der Waals surface area (Å²) in [5, 5.41) is 0.